The Balaban J connectivity index is 1.65. The molecule has 150 valence electrons. The van der Waals surface area contributed by atoms with Crippen LogP contribution in [0.1, 0.15) is 10.8 Å². The summed E-state index contributed by atoms with van der Waals surface area (Å²) in [7, 11) is 0. The minimum atomic E-state index is -0.465. The van der Waals surface area contributed by atoms with Gasteiger partial charge in [-0.1, -0.05) is 70.2 Å². The third-order valence-electron chi connectivity index (χ3n) is 4.65. The molecule has 3 aromatic rings. The topological polar surface area (TPSA) is 86.3 Å². The van der Waals surface area contributed by atoms with Crippen molar-refractivity contribution >= 4 is 33.6 Å². The van der Waals surface area contributed by atoms with E-state index in [9.17, 15) is 4.79 Å². The first-order valence-electron chi connectivity index (χ1n) is 9.18. The number of thioether (sulfide) groups is 1. The average Bonchev–Trinajstić information content (AvgIpc) is 3.13. The molecule has 1 atom stereocenters. The Labute approximate surface area is 181 Å². The predicted molar refractivity (Wildman–Crippen MR) is 116 cm³/mol. The molecule has 2 N–H and O–H groups in total. The second-order valence-electron chi connectivity index (χ2n) is 6.50. The smallest absolute Gasteiger partial charge is 0.240 e. The minimum absolute atomic E-state index is 0.0231. The Morgan fingerprint density at radius 2 is 1.76 bits per heavy atom. The number of benzene rings is 2. The van der Waals surface area contributed by atoms with Crippen molar-refractivity contribution in [1.29, 1.82) is 0 Å². The van der Waals surface area contributed by atoms with Gasteiger partial charge in [0, 0.05) is 23.1 Å². The lowest BCUT2D eigenvalue weighted by molar-refractivity contribution is -0.134. The zero-order valence-corrected chi connectivity index (χ0v) is 18.0. The Morgan fingerprint density at radius 3 is 2.48 bits per heavy atom. The number of carbonyl (C=O) groups excluding carboxylic acids is 1. The van der Waals surface area contributed by atoms with Crippen LogP contribution in [-0.2, 0) is 9.53 Å². The fraction of sp³-hybridized carbons (Fsp3) is 0.250. The van der Waals surface area contributed by atoms with Gasteiger partial charge < -0.3 is 15.5 Å². The molecule has 7 nitrogen and oxygen atoms in total. The first kappa shape index (κ1) is 19.9. The lowest BCUT2D eigenvalue weighted by Crippen LogP contribution is -2.42. The molecule has 0 bridgehead atoms. The largest absolute Gasteiger partial charge is 0.378 e. The summed E-state index contributed by atoms with van der Waals surface area (Å²) in [6.45, 7) is 2.27. The number of nitrogens with zero attached hydrogens (tertiary/aromatic N) is 4. The maximum atomic E-state index is 13.3. The Kier molecular flexibility index (Phi) is 6.17. The maximum Gasteiger partial charge on any atom is 0.240 e. The van der Waals surface area contributed by atoms with E-state index >= 15 is 0 Å². The van der Waals surface area contributed by atoms with E-state index in [1.165, 1.54) is 16.4 Å². The molecular formula is C20H20BrN5O2S. The summed E-state index contributed by atoms with van der Waals surface area (Å²) < 4.78 is 7.70. The van der Waals surface area contributed by atoms with E-state index in [-0.39, 0.29) is 5.91 Å². The molecule has 1 amide bonds. The molecular weight excluding hydrogens is 454 g/mol. The molecule has 4 rings (SSSR count). The van der Waals surface area contributed by atoms with Crippen LogP contribution in [0.5, 0.6) is 0 Å². The quantitative estimate of drug-likeness (QED) is 0.452. The second-order valence-corrected chi connectivity index (χ2v) is 8.43. The number of hydrogen-bond acceptors (Lipinski definition) is 6. The van der Waals surface area contributed by atoms with Crippen molar-refractivity contribution in [3.05, 3.63) is 64.6 Å². The number of halogens is 1. The summed E-state index contributed by atoms with van der Waals surface area (Å²) in [5.74, 6) is 6.87. The van der Waals surface area contributed by atoms with Crippen LogP contribution in [0.25, 0.3) is 11.4 Å². The third-order valence-corrected chi connectivity index (χ3v) is 6.54. The SMILES string of the molecule is Nn1c(S[C@@H](C(=O)N2CCOCC2)c2ccccc2)nnc1-c1ccccc1Br. The van der Waals surface area contributed by atoms with E-state index in [1.807, 2.05) is 59.5 Å². The highest BCUT2D eigenvalue weighted by Crippen LogP contribution is 2.37. The van der Waals surface area contributed by atoms with Crippen LogP contribution in [0, 0.1) is 0 Å². The van der Waals surface area contributed by atoms with Crippen LogP contribution < -0.4 is 5.84 Å². The van der Waals surface area contributed by atoms with Crippen LogP contribution in [0.4, 0.5) is 0 Å². The number of nitrogen functional groups attached to an aromatic ring is 1. The summed E-state index contributed by atoms with van der Waals surface area (Å²) in [5.41, 5.74) is 1.74. The molecule has 0 saturated carbocycles. The monoisotopic (exact) mass is 473 g/mol. The van der Waals surface area contributed by atoms with Gasteiger partial charge in [0.25, 0.3) is 0 Å². The zero-order chi connectivity index (χ0) is 20.2. The van der Waals surface area contributed by atoms with Gasteiger partial charge in [0.2, 0.25) is 11.1 Å². The Morgan fingerprint density at radius 1 is 1.07 bits per heavy atom. The lowest BCUT2D eigenvalue weighted by atomic mass is 10.1. The van der Waals surface area contributed by atoms with Gasteiger partial charge in [0.1, 0.15) is 5.25 Å². The average molecular weight is 474 g/mol. The molecule has 0 unspecified atom stereocenters. The van der Waals surface area contributed by atoms with Gasteiger partial charge in [-0.2, -0.15) is 0 Å². The van der Waals surface area contributed by atoms with Crippen molar-refractivity contribution in [2.75, 3.05) is 32.1 Å². The molecule has 1 aliphatic rings. The second kappa shape index (κ2) is 8.98. The molecule has 0 radical (unpaired) electrons. The number of nitrogens with two attached hydrogens (primary N) is 1. The van der Waals surface area contributed by atoms with E-state index < -0.39 is 5.25 Å². The highest BCUT2D eigenvalue weighted by Gasteiger charge is 2.30. The van der Waals surface area contributed by atoms with E-state index in [0.717, 1.165) is 15.6 Å². The zero-order valence-electron chi connectivity index (χ0n) is 15.6. The fourth-order valence-corrected chi connectivity index (χ4v) is 4.63. The van der Waals surface area contributed by atoms with E-state index in [1.54, 1.807) is 0 Å². The summed E-state index contributed by atoms with van der Waals surface area (Å²) in [6, 6.07) is 17.4. The fourth-order valence-electron chi connectivity index (χ4n) is 3.13. The number of morpholine rings is 1. The van der Waals surface area contributed by atoms with Gasteiger partial charge in [-0.25, -0.2) is 4.68 Å². The van der Waals surface area contributed by atoms with E-state index in [0.29, 0.717) is 37.3 Å². The standard InChI is InChI=1S/C20H20BrN5O2S/c21-16-9-5-4-8-15(16)18-23-24-20(26(18)22)29-17(14-6-2-1-3-7-14)19(27)25-10-12-28-13-11-25/h1-9,17H,10-13,22H2/t17-/m1/s1. The third kappa shape index (κ3) is 4.31. The summed E-state index contributed by atoms with van der Waals surface area (Å²) in [4.78, 5) is 15.1. The van der Waals surface area contributed by atoms with Crippen LogP contribution in [0.15, 0.2) is 64.2 Å². The van der Waals surface area contributed by atoms with Gasteiger partial charge in [-0.15, -0.1) is 10.2 Å². The van der Waals surface area contributed by atoms with Crippen molar-refractivity contribution in [3.63, 3.8) is 0 Å². The summed E-state index contributed by atoms with van der Waals surface area (Å²) in [5, 5.41) is 8.53. The number of ether oxygens (including phenoxy) is 1. The van der Waals surface area contributed by atoms with Gasteiger partial charge in [0.05, 0.1) is 13.2 Å². The van der Waals surface area contributed by atoms with Crippen molar-refractivity contribution in [1.82, 2.24) is 19.8 Å². The minimum Gasteiger partial charge on any atom is -0.378 e. The number of carbonyl (C=O) groups is 1. The van der Waals surface area contributed by atoms with Crippen LogP contribution in [-0.4, -0.2) is 52.0 Å². The predicted octanol–water partition coefficient (Wildman–Crippen LogP) is 3.11. The van der Waals surface area contributed by atoms with Gasteiger partial charge in [0.15, 0.2) is 5.82 Å². The van der Waals surface area contributed by atoms with Crippen molar-refractivity contribution in [3.8, 4) is 11.4 Å². The van der Waals surface area contributed by atoms with Crippen molar-refractivity contribution in [2.45, 2.75) is 10.4 Å². The molecule has 1 aromatic heterocycles. The van der Waals surface area contributed by atoms with Gasteiger partial charge >= 0.3 is 0 Å². The van der Waals surface area contributed by atoms with Gasteiger partial charge in [-0.3, -0.25) is 4.79 Å². The van der Waals surface area contributed by atoms with E-state index in [2.05, 4.69) is 26.1 Å². The van der Waals surface area contributed by atoms with Crippen molar-refractivity contribution < 1.29 is 9.53 Å². The Bertz CT molecular complexity index is 992. The van der Waals surface area contributed by atoms with Gasteiger partial charge in [-0.05, 0) is 17.7 Å². The number of aromatic nitrogens is 3. The molecule has 0 spiro atoms. The lowest BCUT2D eigenvalue weighted by Gasteiger charge is -2.30. The molecule has 2 aromatic carbocycles. The molecule has 2 heterocycles. The van der Waals surface area contributed by atoms with E-state index in [4.69, 9.17) is 10.6 Å². The molecule has 1 fully saturated rings. The van der Waals surface area contributed by atoms with Crippen molar-refractivity contribution in [2.24, 2.45) is 0 Å². The molecule has 0 aliphatic carbocycles. The van der Waals surface area contributed by atoms with Crippen LogP contribution in [0.2, 0.25) is 0 Å². The highest BCUT2D eigenvalue weighted by molar-refractivity contribution is 9.10. The molecule has 1 aliphatic heterocycles. The normalized spacial score (nSPS) is 15.3. The first-order valence-corrected chi connectivity index (χ1v) is 10.9. The molecule has 9 heteroatoms. The molecule has 29 heavy (non-hydrogen) atoms. The number of rotatable bonds is 5. The number of hydrogen-bond donors (Lipinski definition) is 1. The van der Waals surface area contributed by atoms with Crippen LogP contribution in [0.3, 0.4) is 0 Å². The maximum absolute atomic E-state index is 13.3. The summed E-state index contributed by atoms with van der Waals surface area (Å²) in [6.07, 6.45) is 0. The first-order chi connectivity index (χ1) is 14.1. The summed E-state index contributed by atoms with van der Waals surface area (Å²) >= 11 is 4.83. The number of amides is 1. The highest BCUT2D eigenvalue weighted by atomic mass is 79.9. The Hall–Kier alpha value is -2.36. The molecule has 1 saturated heterocycles. The van der Waals surface area contributed by atoms with Crippen LogP contribution >= 0.6 is 27.7 Å².